The molecule has 1 saturated heterocycles. The van der Waals surface area contributed by atoms with Crippen molar-refractivity contribution in [2.75, 3.05) is 6.61 Å². The van der Waals surface area contributed by atoms with Crippen molar-refractivity contribution in [2.24, 2.45) is 29.1 Å². The number of aromatic nitrogens is 1. The van der Waals surface area contributed by atoms with Crippen LogP contribution in [0.15, 0.2) is 48.7 Å². The summed E-state index contributed by atoms with van der Waals surface area (Å²) >= 11 is 0. The number of aliphatic hydroxyl groups is 1. The number of benzene rings is 1. The van der Waals surface area contributed by atoms with Gasteiger partial charge in [0.25, 0.3) is 0 Å². The van der Waals surface area contributed by atoms with Crippen molar-refractivity contribution in [3.63, 3.8) is 0 Å². The molecule has 2 N–H and O–H groups in total. The molecule has 7 atom stereocenters. The van der Waals surface area contributed by atoms with E-state index in [2.05, 4.69) is 36.3 Å². The molecule has 188 valence electrons. The summed E-state index contributed by atoms with van der Waals surface area (Å²) in [6.45, 7) is 7.60. The Balaban J connectivity index is 1.64. The minimum Gasteiger partial charge on any atom is -0.461 e. The minimum absolute atomic E-state index is 0.0776. The van der Waals surface area contributed by atoms with Crippen LogP contribution in [0.3, 0.4) is 0 Å². The monoisotopic (exact) mass is 487 g/mol. The summed E-state index contributed by atoms with van der Waals surface area (Å²) in [4.78, 5) is 31.2. The highest BCUT2D eigenvalue weighted by Gasteiger charge is 2.66. The first kappa shape index (κ1) is 25.6. The molecule has 4 rings (SSSR count). The number of nitrogens with one attached hydrogen (secondary N) is 1. The van der Waals surface area contributed by atoms with Crippen molar-refractivity contribution in [3.8, 4) is 17.2 Å². The fourth-order valence-corrected chi connectivity index (χ4v) is 5.88. The summed E-state index contributed by atoms with van der Waals surface area (Å²) in [6, 6.07) is 13.0. The van der Waals surface area contributed by atoms with E-state index in [-0.39, 0.29) is 36.2 Å². The Morgan fingerprint density at radius 3 is 2.72 bits per heavy atom. The van der Waals surface area contributed by atoms with Crippen molar-refractivity contribution in [2.45, 2.75) is 46.3 Å². The van der Waals surface area contributed by atoms with Crippen molar-refractivity contribution in [3.05, 3.63) is 59.9 Å². The molecule has 7 heteroatoms. The number of aliphatic hydroxyl groups excluding tert-OH is 1. The number of amides is 1. The van der Waals surface area contributed by atoms with Gasteiger partial charge in [0.05, 0.1) is 23.9 Å². The molecule has 36 heavy (non-hydrogen) atoms. The first-order valence-corrected chi connectivity index (χ1v) is 12.5. The number of esters is 1. The third-order valence-corrected chi connectivity index (χ3v) is 7.99. The highest BCUT2D eigenvalue weighted by molar-refractivity contribution is 6.04. The lowest BCUT2D eigenvalue weighted by Crippen LogP contribution is -2.57. The van der Waals surface area contributed by atoms with Crippen LogP contribution in [0, 0.1) is 40.4 Å². The molecule has 7 nitrogen and oxygen atoms in total. The van der Waals surface area contributed by atoms with Crippen molar-refractivity contribution in [1.82, 2.24) is 10.3 Å². The molecule has 2 aliphatic rings. The Morgan fingerprint density at radius 1 is 1.31 bits per heavy atom. The van der Waals surface area contributed by atoms with Gasteiger partial charge in [-0.2, -0.15) is 5.26 Å². The molecule has 1 aliphatic heterocycles. The van der Waals surface area contributed by atoms with Gasteiger partial charge >= 0.3 is 5.97 Å². The van der Waals surface area contributed by atoms with Gasteiger partial charge in [-0.1, -0.05) is 44.2 Å². The molecular weight excluding hydrogens is 454 g/mol. The normalized spacial score (nSPS) is 30.3. The average Bonchev–Trinajstić information content (AvgIpc) is 3.14. The van der Waals surface area contributed by atoms with Gasteiger partial charge < -0.3 is 15.2 Å². The lowest BCUT2D eigenvalue weighted by atomic mass is 9.54. The Hall–Kier alpha value is -3.50. The van der Waals surface area contributed by atoms with E-state index < -0.39 is 23.5 Å². The maximum Gasteiger partial charge on any atom is 0.322 e. The first-order valence-electron chi connectivity index (χ1n) is 12.5. The molecule has 1 aromatic carbocycles. The highest BCUT2D eigenvalue weighted by atomic mass is 16.6. The number of fused-ring (bicyclic) bond motifs is 1. The van der Waals surface area contributed by atoms with E-state index >= 15 is 0 Å². The largest absolute Gasteiger partial charge is 0.461 e. The molecule has 2 fully saturated rings. The zero-order valence-electron chi connectivity index (χ0n) is 21.1. The van der Waals surface area contributed by atoms with Gasteiger partial charge in [0.1, 0.15) is 6.10 Å². The summed E-state index contributed by atoms with van der Waals surface area (Å²) < 4.78 is 5.68. The molecule has 2 heterocycles. The fraction of sp³-hybridized carbons (Fsp3) is 0.448. The highest BCUT2D eigenvalue weighted by Crippen LogP contribution is 2.56. The van der Waals surface area contributed by atoms with Gasteiger partial charge in [-0.15, -0.1) is 0 Å². The van der Waals surface area contributed by atoms with Crippen LogP contribution < -0.4 is 5.32 Å². The summed E-state index contributed by atoms with van der Waals surface area (Å²) in [5, 5.41) is 21.7. The third kappa shape index (κ3) is 4.42. The van der Waals surface area contributed by atoms with Gasteiger partial charge in [0.15, 0.2) is 5.41 Å². The predicted molar refractivity (Wildman–Crippen MR) is 136 cm³/mol. The fourth-order valence-electron chi connectivity index (χ4n) is 5.88. The van der Waals surface area contributed by atoms with Gasteiger partial charge in [0, 0.05) is 29.3 Å². The Labute approximate surface area is 212 Å². The van der Waals surface area contributed by atoms with Crippen LogP contribution >= 0.6 is 0 Å². The number of hydrogen-bond acceptors (Lipinski definition) is 6. The molecule has 1 aliphatic carbocycles. The number of rotatable bonds is 6. The predicted octanol–water partition coefficient (Wildman–Crippen LogP) is 3.97. The van der Waals surface area contributed by atoms with Crippen LogP contribution in [0.5, 0.6) is 0 Å². The lowest BCUT2D eigenvalue weighted by Gasteiger charge is -2.46. The van der Waals surface area contributed by atoms with E-state index in [1.165, 1.54) is 0 Å². The molecule has 4 unspecified atom stereocenters. The van der Waals surface area contributed by atoms with Gasteiger partial charge in [-0.25, -0.2) is 0 Å². The second-order valence-electron chi connectivity index (χ2n) is 10.3. The Kier molecular flexibility index (Phi) is 7.28. The summed E-state index contributed by atoms with van der Waals surface area (Å²) in [7, 11) is 0. The topological polar surface area (TPSA) is 112 Å². The maximum atomic E-state index is 13.4. The van der Waals surface area contributed by atoms with Crippen LogP contribution in [0.25, 0.3) is 17.2 Å². The number of allylic oxidation sites excluding steroid dienone is 1. The standard InChI is InChI=1S/C29H33N3O4/c1-17-13-29(27(34)32-18(2)16-33)26(20(4)36-28(29)35)24(19(17)3)12-11-23-10-9-22(15-31-23)25-8-6-5-7-21(25)14-30/h5-12,15,17-20,24,26,33H,13,16H2,1-4H3,(H,32,34)/b12-11+/t17?,18-,19?,20+,24?,26?,29+/m0/s1. The number of ether oxygens (including phenoxy) is 1. The Bertz CT molecular complexity index is 1200. The van der Waals surface area contributed by atoms with E-state index in [0.717, 1.165) is 16.8 Å². The zero-order valence-corrected chi connectivity index (χ0v) is 21.1. The van der Waals surface area contributed by atoms with E-state index in [1.54, 1.807) is 19.2 Å². The Morgan fingerprint density at radius 2 is 2.06 bits per heavy atom. The van der Waals surface area contributed by atoms with Gasteiger partial charge in [-0.05, 0) is 56.2 Å². The molecule has 1 aromatic heterocycles. The van der Waals surface area contributed by atoms with Crippen LogP contribution in [0.2, 0.25) is 0 Å². The van der Waals surface area contributed by atoms with E-state index in [4.69, 9.17) is 4.74 Å². The van der Waals surface area contributed by atoms with Gasteiger partial charge in [-0.3, -0.25) is 14.6 Å². The van der Waals surface area contributed by atoms with Crippen LogP contribution in [0.4, 0.5) is 0 Å². The number of hydrogen-bond donors (Lipinski definition) is 2. The van der Waals surface area contributed by atoms with Crippen molar-refractivity contribution in [1.29, 1.82) is 5.26 Å². The SMILES string of the molecule is CC1C[C@@]2(C(=O)N[C@@H](C)CO)C(=O)O[C@H](C)C2C(/C=C/c2ccc(-c3ccccc3C#N)cn2)C1C. The number of carbonyl (C=O) groups is 2. The molecule has 1 amide bonds. The summed E-state index contributed by atoms with van der Waals surface area (Å²) in [6.07, 6.45) is 5.76. The number of nitrogens with zero attached hydrogens (tertiary/aromatic N) is 2. The second kappa shape index (κ2) is 10.2. The average molecular weight is 488 g/mol. The van der Waals surface area contributed by atoms with Crippen LogP contribution in [-0.2, 0) is 14.3 Å². The van der Waals surface area contributed by atoms with E-state index in [9.17, 15) is 20.0 Å². The minimum atomic E-state index is -1.28. The number of nitriles is 1. The molecule has 0 bridgehead atoms. The third-order valence-electron chi connectivity index (χ3n) is 7.99. The van der Waals surface area contributed by atoms with Crippen molar-refractivity contribution >= 4 is 18.0 Å². The quantitative estimate of drug-likeness (QED) is 0.471. The molecular formula is C29H33N3O4. The van der Waals surface area contributed by atoms with E-state index in [1.807, 2.05) is 43.3 Å². The van der Waals surface area contributed by atoms with E-state index in [0.29, 0.717) is 12.0 Å². The number of carbonyl (C=O) groups excluding carboxylic acids is 2. The number of pyridine rings is 1. The van der Waals surface area contributed by atoms with Crippen LogP contribution in [-0.4, -0.2) is 40.7 Å². The zero-order chi connectivity index (χ0) is 26.0. The second-order valence-corrected chi connectivity index (χ2v) is 10.3. The molecule has 1 saturated carbocycles. The molecule has 0 spiro atoms. The van der Waals surface area contributed by atoms with Crippen LogP contribution in [0.1, 0.15) is 45.4 Å². The molecule has 0 radical (unpaired) electrons. The van der Waals surface area contributed by atoms with Crippen molar-refractivity contribution < 1.29 is 19.4 Å². The lowest BCUT2D eigenvalue weighted by molar-refractivity contribution is -0.157. The molecule has 2 aromatic rings. The first-order chi connectivity index (χ1) is 17.2. The summed E-state index contributed by atoms with van der Waals surface area (Å²) in [5.41, 5.74) is 1.77. The smallest absolute Gasteiger partial charge is 0.322 e. The maximum absolute atomic E-state index is 13.4. The number of cyclic esters (lactones) is 1. The summed E-state index contributed by atoms with van der Waals surface area (Å²) in [5.74, 6) is -0.896. The van der Waals surface area contributed by atoms with Gasteiger partial charge in [0.2, 0.25) is 5.91 Å².